The molecule has 0 unspecified atom stereocenters. The van der Waals surface area contributed by atoms with Crippen LogP contribution in [0, 0.1) is 13.8 Å². The quantitative estimate of drug-likeness (QED) is 0.845. The lowest BCUT2D eigenvalue weighted by molar-refractivity contribution is -0.117. The number of hydrogen-bond acceptors (Lipinski definition) is 5. The lowest BCUT2D eigenvalue weighted by atomic mass is 10.2. The van der Waals surface area contributed by atoms with Crippen molar-refractivity contribution in [2.75, 3.05) is 45.7 Å². The van der Waals surface area contributed by atoms with Gasteiger partial charge >= 0.3 is 0 Å². The van der Waals surface area contributed by atoms with Crippen molar-refractivity contribution in [1.82, 2.24) is 19.6 Å². The zero-order chi connectivity index (χ0) is 20.3. The molecule has 28 heavy (non-hydrogen) atoms. The molecule has 1 N–H and O–H groups in total. The number of anilines is 1. The highest BCUT2D eigenvalue weighted by Gasteiger charge is 2.23. The molecule has 0 atom stereocenters. The number of likely N-dealkylation sites (N-methyl/N-ethyl adjacent to an activating group) is 1. The molecule has 1 aliphatic rings. The van der Waals surface area contributed by atoms with Crippen LogP contribution in [0.25, 0.3) is 0 Å². The summed E-state index contributed by atoms with van der Waals surface area (Å²) in [5, 5.41) is 7.22. The van der Waals surface area contributed by atoms with Gasteiger partial charge in [0.25, 0.3) is 5.91 Å². The molecule has 0 radical (unpaired) electrons. The standard InChI is InChI=1S/C20H27N5O3/c1-14-5-6-18(28-4)16(11-14)21-19(26)13-25-15(2)12-17(22-25)20(27)24-9-7-23(3)8-10-24/h5-6,11-12H,7-10,13H2,1-4H3,(H,21,26). The third kappa shape index (κ3) is 4.51. The molecule has 150 valence electrons. The zero-order valence-corrected chi connectivity index (χ0v) is 16.9. The molecule has 1 fully saturated rings. The maximum Gasteiger partial charge on any atom is 0.274 e. The maximum atomic E-state index is 12.7. The highest BCUT2D eigenvalue weighted by molar-refractivity contribution is 5.93. The van der Waals surface area contributed by atoms with E-state index in [1.54, 1.807) is 17.9 Å². The van der Waals surface area contributed by atoms with Crippen molar-refractivity contribution in [2.24, 2.45) is 0 Å². The summed E-state index contributed by atoms with van der Waals surface area (Å²) >= 11 is 0. The highest BCUT2D eigenvalue weighted by atomic mass is 16.5. The molecular weight excluding hydrogens is 358 g/mol. The van der Waals surface area contributed by atoms with Crippen LogP contribution in [0.1, 0.15) is 21.7 Å². The van der Waals surface area contributed by atoms with Crippen molar-refractivity contribution in [3.8, 4) is 5.75 Å². The Kier molecular flexibility index (Phi) is 5.99. The van der Waals surface area contributed by atoms with Crippen LogP contribution in [0.3, 0.4) is 0 Å². The van der Waals surface area contributed by atoms with Gasteiger partial charge in [-0.25, -0.2) is 0 Å². The Morgan fingerprint density at radius 3 is 2.54 bits per heavy atom. The van der Waals surface area contributed by atoms with Gasteiger partial charge in [0.15, 0.2) is 5.69 Å². The summed E-state index contributed by atoms with van der Waals surface area (Å²) in [5.41, 5.74) is 2.78. The minimum atomic E-state index is -0.228. The summed E-state index contributed by atoms with van der Waals surface area (Å²) in [6, 6.07) is 7.33. The molecule has 1 aromatic heterocycles. The Balaban J connectivity index is 1.67. The average molecular weight is 385 g/mol. The van der Waals surface area contributed by atoms with Gasteiger partial charge in [0, 0.05) is 31.9 Å². The second-order valence-electron chi connectivity index (χ2n) is 7.18. The molecule has 0 bridgehead atoms. The van der Waals surface area contributed by atoms with Crippen LogP contribution in [-0.2, 0) is 11.3 Å². The minimum absolute atomic E-state index is 0.0267. The Morgan fingerprint density at radius 1 is 1.14 bits per heavy atom. The first-order valence-corrected chi connectivity index (χ1v) is 9.34. The zero-order valence-electron chi connectivity index (χ0n) is 16.9. The number of carbonyl (C=O) groups is 2. The number of carbonyl (C=O) groups excluding carboxylic acids is 2. The van der Waals surface area contributed by atoms with Crippen LogP contribution in [0.4, 0.5) is 5.69 Å². The van der Waals surface area contributed by atoms with E-state index in [2.05, 4.69) is 15.3 Å². The summed E-state index contributed by atoms with van der Waals surface area (Å²) in [6.45, 7) is 6.90. The lowest BCUT2D eigenvalue weighted by Crippen LogP contribution is -2.47. The highest BCUT2D eigenvalue weighted by Crippen LogP contribution is 2.25. The first kappa shape index (κ1) is 19.9. The molecule has 1 aromatic carbocycles. The topological polar surface area (TPSA) is 79.7 Å². The predicted octanol–water partition coefficient (Wildman–Crippen LogP) is 1.53. The number of ether oxygens (including phenoxy) is 1. The van der Waals surface area contributed by atoms with E-state index in [-0.39, 0.29) is 18.4 Å². The Labute approximate surface area is 165 Å². The summed E-state index contributed by atoms with van der Waals surface area (Å²) in [6.07, 6.45) is 0. The van der Waals surface area contributed by atoms with Crippen molar-refractivity contribution < 1.29 is 14.3 Å². The van der Waals surface area contributed by atoms with E-state index in [0.717, 1.165) is 24.3 Å². The van der Waals surface area contributed by atoms with Gasteiger partial charge < -0.3 is 19.9 Å². The number of amides is 2. The summed E-state index contributed by atoms with van der Waals surface area (Å²) < 4.78 is 6.85. The SMILES string of the molecule is COc1ccc(C)cc1NC(=O)Cn1nc(C(=O)N2CCN(C)CC2)cc1C. The first-order chi connectivity index (χ1) is 13.4. The Hall–Kier alpha value is -2.87. The number of nitrogens with zero attached hydrogens (tertiary/aromatic N) is 4. The molecule has 2 aromatic rings. The molecular formula is C20H27N5O3. The molecule has 0 spiro atoms. The molecule has 3 rings (SSSR count). The third-order valence-electron chi connectivity index (χ3n) is 4.91. The number of rotatable bonds is 5. The van der Waals surface area contributed by atoms with Gasteiger partial charge in [-0.2, -0.15) is 5.10 Å². The van der Waals surface area contributed by atoms with Gasteiger partial charge in [0.2, 0.25) is 5.91 Å². The molecule has 1 saturated heterocycles. The number of benzene rings is 1. The van der Waals surface area contributed by atoms with Gasteiger partial charge in [-0.05, 0) is 44.7 Å². The molecule has 8 nitrogen and oxygen atoms in total. The maximum absolute atomic E-state index is 12.7. The van der Waals surface area contributed by atoms with Gasteiger partial charge in [0.05, 0.1) is 12.8 Å². The molecule has 8 heteroatoms. The summed E-state index contributed by atoms with van der Waals surface area (Å²) in [4.78, 5) is 29.2. The predicted molar refractivity (Wildman–Crippen MR) is 107 cm³/mol. The number of hydrogen-bond donors (Lipinski definition) is 1. The van der Waals surface area contributed by atoms with Gasteiger partial charge in [0.1, 0.15) is 12.3 Å². The average Bonchev–Trinajstić information content (AvgIpc) is 3.02. The smallest absolute Gasteiger partial charge is 0.274 e. The monoisotopic (exact) mass is 385 g/mol. The minimum Gasteiger partial charge on any atom is -0.495 e. The molecule has 0 saturated carbocycles. The largest absolute Gasteiger partial charge is 0.495 e. The fourth-order valence-corrected chi connectivity index (χ4v) is 3.19. The molecule has 2 heterocycles. The fourth-order valence-electron chi connectivity index (χ4n) is 3.19. The van der Waals surface area contributed by atoms with Crippen LogP contribution in [0.15, 0.2) is 24.3 Å². The van der Waals surface area contributed by atoms with Crippen LogP contribution >= 0.6 is 0 Å². The number of nitrogens with one attached hydrogen (secondary N) is 1. The van der Waals surface area contributed by atoms with Crippen LogP contribution < -0.4 is 10.1 Å². The second-order valence-corrected chi connectivity index (χ2v) is 7.18. The fraction of sp³-hybridized carbons (Fsp3) is 0.450. The van der Waals surface area contributed by atoms with Crippen molar-refractivity contribution in [1.29, 1.82) is 0 Å². The van der Waals surface area contributed by atoms with Gasteiger partial charge in [-0.3, -0.25) is 14.3 Å². The molecule has 1 aliphatic heterocycles. The van der Waals surface area contributed by atoms with Crippen molar-refractivity contribution in [3.05, 3.63) is 41.2 Å². The molecule has 2 amide bonds. The van der Waals surface area contributed by atoms with Crippen molar-refractivity contribution in [3.63, 3.8) is 0 Å². The van der Waals surface area contributed by atoms with E-state index in [9.17, 15) is 9.59 Å². The number of methoxy groups -OCH3 is 1. The lowest BCUT2D eigenvalue weighted by Gasteiger charge is -2.31. The normalized spacial score (nSPS) is 14.8. The summed E-state index contributed by atoms with van der Waals surface area (Å²) in [5.74, 6) is 0.284. The number of piperazine rings is 1. The number of aryl methyl sites for hydroxylation is 2. The first-order valence-electron chi connectivity index (χ1n) is 9.34. The summed E-state index contributed by atoms with van der Waals surface area (Å²) in [7, 11) is 3.61. The van der Waals surface area contributed by atoms with E-state index < -0.39 is 0 Å². The van der Waals surface area contributed by atoms with E-state index in [0.29, 0.717) is 30.2 Å². The second kappa shape index (κ2) is 8.43. The molecule has 0 aliphatic carbocycles. The van der Waals surface area contributed by atoms with E-state index >= 15 is 0 Å². The van der Waals surface area contributed by atoms with Gasteiger partial charge in [-0.15, -0.1) is 0 Å². The van der Waals surface area contributed by atoms with E-state index in [1.165, 1.54) is 0 Å². The van der Waals surface area contributed by atoms with Gasteiger partial charge in [-0.1, -0.05) is 6.07 Å². The van der Waals surface area contributed by atoms with E-state index in [1.807, 2.05) is 44.0 Å². The van der Waals surface area contributed by atoms with Crippen LogP contribution in [-0.4, -0.2) is 71.7 Å². The Morgan fingerprint density at radius 2 is 1.86 bits per heavy atom. The van der Waals surface area contributed by atoms with E-state index in [4.69, 9.17) is 4.74 Å². The van der Waals surface area contributed by atoms with Crippen LogP contribution in [0.2, 0.25) is 0 Å². The number of aromatic nitrogens is 2. The van der Waals surface area contributed by atoms with Crippen molar-refractivity contribution in [2.45, 2.75) is 20.4 Å². The Bertz CT molecular complexity index is 869. The van der Waals surface area contributed by atoms with Crippen molar-refractivity contribution >= 4 is 17.5 Å². The third-order valence-corrected chi connectivity index (χ3v) is 4.91. The van der Waals surface area contributed by atoms with Crippen LogP contribution in [0.5, 0.6) is 5.75 Å².